The molecule has 3 unspecified atom stereocenters. The van der Waals surface area contributed by atoms with Crippen LogP contribution in [0.1, 0.15) is 341 Å². The maximum Gasteiger partial charge on any atom is 0.472 e. The number of unbranched alkanes of at least 4 members (excludes halogenated alkanes) is 46. The Morgan fingerprint density at radius 3 is 1.05 bits per heavy atom. The van der Waals surface area contributed by atoms with E-state index in [1.165, 1.54) is 276 Å². The molecular weight excluding hydrogens is 924 g/mol. The molecule has 0 fully saturated rings. The Labute approximate surface area is 456 Å². The number of allylic oxidation sites excluding steroid dienone is 2. The van der Waals surface area contributed by atoms with Crippen molar-refractivity contribution in [3.05, 3.63) is 12.2 Å². The predicted molar refractivity (Wildman–Crippen MR) is 319 cm³/mol. The third-order valence-electron chi connectivity index (χ3n) is 15.3. The van der Waals surface area contributed by atoms with Crippen LogP contribution in [0.4, 0.5) is 0 Å². The first-order valence-corrected chi connectivity index (χ1v) is 34.0. The predicted octanol–water partition coefficient (Wildman–Crippen LogP) is 20.2. The van der Waals surface area contributed by atoms with E-state index in [0.29, 0.717) is 23.9 Å². The molecule has 3 N–H and O–H groups in total. The number of rotatable bonds is 61. The lowest BCUT2D eigenvalue weighted by Crippen LogP contribution is -2.46. The van der Waals surface area contributed by atoms with E-state index in [4.69, 9.17) is 9.05 Å². The highest BCUT2D eigenvalue weighted by Crippen LogP contribution is 2.43. The van der Waals surface area contributed by atoms with E-state index in [1.54, 1.807) is 0 Å². The Balaban J connectivity index is 4.06. The number of nitrogens with zero attached hydrogens (tertiary/aromatic N) is 1. The van der Waals surface area contributed by atoms with E-state index in [0.717, 1.165) is 38.5 Å². The molecule has 8 nitrogen and oxygen atoms in total. The normalized spacial score (nSPS) is 13.8. The Morgan fingerprint density at radius 2 is 0.740 bits per heavy atom. The summed E-state index contributed by atoms with van der Waals surface area (Å²) in [5.74, 6) is -0.137. The quantitative estimate of drug-likeness (QED) is 0.0243. The van der Waals surface area contributed by atoms with Crippen molar-refractivity contribution in [1.82, 2.24) is 5.32 Å². The van der Waals surface area contributed by atoms with Gasteiger partial charge in [-0.15, -0.1) is 0 Å². The number of hydrogen-bond acceptors (Lipinski definition) is 5. The van der Waals surface area contributed by atoms with Crippen molar-refractivity contribution < 1.29 is 32.9 Å². The van der Waals surface area contributed by atoms with Crippen LogP contribution in [0, 0.1) is 0 Å². The summed E-state index contributed by atoms with van der Waals surface area (Å²) in [4.78, 5) is 23.4. The van der Waals surface area contributed by atoms with Gasteiger partial charge in [0.05, 0.1) is 39.9 Å². The third kappa shape index (κ3) is 58.8. The number of phosphoric acid groups is 1. The van der Waals surface area contributed by atoms with Gasteiger partial charge in [-0.05, 0) is 38.5 Å². The molecule has 0 aromatic rings. The molecule has 0 radical (unpaired) electrons. The SMILES string of the molecule is CCCCCCCCCCCCCC/C=C\CCCCCCCCCCCCCCC(=O)NC(COP(=O)(O)OCC[N+](C)(C)C)C(O)CCCCCCCCCCCCCCCCCCCCCCCCC. The van der Waals surface area contributed by atoms with Gasteiger partial charge in [0.25, 0.3) is 0 Å². The molecule has 0 saturated carbocycles. The molecule has 1 amide bonds. The number of hydrogen-bond donors (Lipinski definition) is 3. The van der Waals surface area contributed by atoms with E-state index in [-0.39, 0.29) is 19.1 Å². The average Bonchev–Trinajstić information content (AvgIpc) is 3.35. The molecule has 0 aromatic heterocycles. The van der Waals surface area contributed by atoms with Crippen molar-refractivity contribution in [2.45, 2.75) is 353 Å². The second-order valence-corrected chi connectivity index (χ2v) is 25.3. The molecule has 436 valence electrons. The summed E-state index contributed by atoms with van der Waals surface area (Å²) in [5, 5.41) is 14.1. The topological polar surface area (TPSA) is 105 Å². The average molecular weight is 1050 g/mol. The van der Waals surface area contributed by atoms with Gasteiger partial charge < -0.3 is 19.8 Å². The molecule has 73 heavy (non-hydrogen) atoms. The van der Waals surface area contributed by atoms with Crippen molar-refractivity contribution in [3.8, 4) is 0 Å². The van der Waals surface area contributed by atoms with Gasteiger partial charge >= 0.3 is 7.82 Å². The van der Waals surface area contributed by atoms with Crippen LogP contribution in [-0.4, -0.2) is 73.4 Å². The minimum atomic E-state index is -4.32. The van der Waals surface area contributed by atoms with Gasteiger partial charge in [0.2, 0.25) is 5.91 Å². The largest absolute Gasteiger partial charge is 0.472 e. The summed E-state index contributed by atoms with van der Waals surface area (Å²) < 4.78 is 23.9. The first kappa shape index (κ1) is 72.2. The zero-order valence-electron chi connectivity index (χ0n) is 49.9. The number of carbonyl (C=O) groups excluding carboxylic acids is 1. The van der Waals surface area contributed by atoms with E-state index >= 15 is 0 Å². The fraction of sp³-hybridized carbons (Fsp3) is 0.953. The van der Waals surface area contributed by atoms with Crippen molar-refractivity contribution in [2.75, 3.05) is 40.9 Å². The van der Waals surface area contributed by atoms with Gasteiger partial charge in [0, 0.05) is 6.42 Å². The van der Waals surface area contributed by atoms with Gasteiger partial charge in [0.15, 0.2) is 0 Å². The number of quaternary nitrogens is 1. The number of phosphoric ester groups is 1. The monoisotopic (exact) mass is 1050 g/mol. The number of amides is 1. The molecule has 0 aliphatic rings. The summed E-state index contributed by atoms with van der Waals surface area (Å²) in [6, 6.07) is -0.759. The van der Waals surface area contributed by atoms with Crippen LogP contribution in [0.5, 0.6) is 0 Å². The highest BCUT2D eigenvalue weighted by atomic mass is 31.2. The number of carbonyl (C=O) groups is 1. The van der Waals surface area contributed by atoms with Crippen LogP contribution < -0.4 is 5.32 Å². The molecule has 0 spiro atoms. The molecule has 3 atom stereocenters. The molecule has 0 aliphatic heterocycles. The van der Waals surface area contributed by atoms with Crippen LogP contribution in [0.15, 0.2) is 12.2 Å². The molecule has 0 aliphatic carbocycles. The lowest BCUT2D eigenvalue weighted by molar-refractivity contribution is -0.870. The highest BCUT2D eigenvalue weighted by molar-refractivity contribution is 7.47. The summed E-state index contributed by atoms with van der Waals surface area (Å²) in [7, 11) is 1.63. The zero-order chi connectivity index (χ0) is 53.5. The Hall–Kier alpha value is -0.760. The van der Waals surface area contributed by atoms with Crippen molar-refractivity contribution in [1.29, 1.82) is 0 Å². The van der Waals surface area contributed by atoms with Crippen molar-refractivity contribution in [3.63, 3.8) is 0 Å². The van der Waals surface area contributed by atoms with E-state index < -0.39 is 20.0 Å². The summed E-state index contributed by atoms with van der Waals surface area (Å²) in [6.45, 7) is 4.95. The number of aliphatic hydroxyl groups is 1. The van der Waals surface area contributed by atoms with E-state index in [2.05, 4.69) is 31.3 Å². The fourth-order valence-electron chi connectivity index (χ4n) is 10.2. The number of nitrogens with one attached hydrogen (secondary N) is 1. The second kappa shape index (κ2) is 56.0. The molecule has 0 bridgehead atoms. The standard InChI is InChI=1S/C64H129N2O6P/c1-6-8-10-12-14-16-18-20-22-24-26-28-30-31-32-33-34-36-38-40-42-44-46-48-50-52-54-56-58-64(68)65-62(61-72-73(69,70)71-60-59-66(3,4)5)63(67)57-55-53-51-49-47-45-43-41-39-37-35-29-27-25-23-21-19-17-15-13-11-9-7-2/h31-32,62-63,67H,6-30,33-61H2,1-5H3,(H-,65,68,69,70)/p+1/b32-31-. The van der Waals surface area contributed by atoms with Gasteiger partial charge in [-0.2, -0.15) is 0 Å². The van der Waals surface area contributed by atoms with Gasteiger partial charge in [-0.3, -0.25) is 13.8 Å². The van der Waals surface area contributed by atoms with Crippen LogP contribution in [0.25, 0.3) is 0 Å². The second-order valence-electron chi connectivity index (χ2n) is 23.9. The van der Waals surface area contributed by atoms with Gasteiger partial charge in [-0.1, -0.05) is 309 Å². The maximum atomic E-state index is 13.0. The Kier molecular flexibility index (Phi) is 55.4. The Bertz CT molecular complexity index is 1200. The first-order valence-electron chi connectivity index (χ1n) is 32.6. The lowest BCUT2D eigenvalue weighted by Gasteiger charge is -2.26. The van der Waals surface area contributed by atoms with Crippen molar-refractivity contribution in [2.24, 2.45) is 0 Å². The maximum absolute atomic E-state index is 13.0. The van der Waals surface area contributed by atoms with E-state index in [1.807, 2.05) is 21.1 Å². The molecule has 0 rings (SSSR count). The summed E-state index contributed by atoms with van der Waals surface area (Å²) in [6.07, 6.45) is 70.1. The van der Waals surface area contributed by atoms with Gasteiger partial charge in [0.1, 0.15) is 13.2 Å². The van der Waals surface area contributed by atoms with Crippen LogP contribution >= 0.6 is 7.82 Å². The highest BCUT2D eigenvalue weighted by Gasteiger charge is 2.28. The van der Waals surface area contributed by atoms with Crippen LogP contribution in [-0.2, 0) is 18.4 Å². The minimum absolute atomic E-state index is 0.0776. The molecule has 9 heteroatoms. The molecular formula is C64H130N2O6P+. The van der Waals surface area contributed by atoms with E-state index in [9.17, 15) is 19.4 Å². The fourth-order valence-corrected chi connectivity index (χ4v) is 10.9. The smallest absolute Gasteiger partial charge is 0.391 e. The minimum Gasteiger partial charge on any atom is -0.391 e. The lowest BCUT2D eigenvalue weighted by atomic mass is 10.0. The van der Waals surface area contributed by atoms with Crippen molar-refractivity contribution >= 4 is 13.7 Å². The molecule has 0 aromatic carbocycles. The van der Waals surface area contributed by atoms with Crippen LogP contribution in [0.3, 0.4) is 0 Å². The first-order chi connectivity index (χ1) is 35.5. The third-order valence-corrected chi connectivity index (χ3v) is 16.2. The van der Waals surface area contributed by atoms with Crippen LogP contribution in [0.2, 0.25) is 0 Å². The molecule has 0 saturated heterocycles. The van der Waals surface area contributed by atoms with Gasteiger partial charge in [-0.25, -0.2) is 4.57 Å². The number of likely N-dealkylation sites (N-methyl/N-ethyl adjacent to an activating group) is 1. The Morgan fingerprint density at radius 1 is 0.452 bits per heavy atom. The summed E-state index contributed by atoms with van der Waals surface area (Å²) >= 11 is 0. The number of aliphatic hydroxyl groups excluding tert-OH is 1. The molecule has 0 heterocycles. The summed E-state index contributed by atoms with van der Waals surface area (Å²) in [5.41, 5.74) is 0. The zero-order valence-corrected chi connectivity index (χ0v) is 50.8.